The van der Waals surface area contributed by atoms with Crippen molar-refractivity contribution in [1.82, 2.24) is 5.32 Å². The summed E-state index contributed by atoms with van der Waals surface area (Å²) in [4.78, 5) is 22.9. The van der Waals surface area contributed by atoms with E-state index in [0.29, 0.717) is 0 Å². The van der Waals surface area contributed by atoms with Crippen molar-refractivity contribution in [2.45, 2.75) is 39.5 Å². The molecule has 6 heteroatoms. The van der Waals surface area contributed by atoms with Gasteiger partial charge in [-0.3, -0.25) is 4.79 Å². The Morgan fingerprint density at radius 3 is 2.41 bits per heavy atom. The van der Waals surface area contributed by atoms with Gasteiger partial charge in [0.05, 0.1) is 6.04 Å². The lowest BCUT2D eigenvalue weighted by Crippen LogP contribution is -2.48. The van der Waals surface area contributed by atoms with Gasteiger partial charge in [0.1, 0.15) is 12.7 Å². The average Bonchev–Trinajstić information content (AvgIpc) is 2.49. The molecule has 1 unspecified atom stereocenters. The van der Waals surface area contributed by atoms with Crippen molar-refractivity contribution in [2.75, 3.05) is 0 Å². The van der Waals surface area contributed by atoms with Gasteiger partial charge in [-0.05, 0) is 11.5 Å². The normalized spacial score (nSPS) is 12.9. The van der Waals surface area contributed by atoms with E-state index in [1.165, 1.54) is 6.92 Å². The maximum absolute atomic E-state index is 11.9. The number of benzene rings is 1. The smallest absolute Gasteiger partial charge is 0.407 e. The van der Waals surface area contributed by atoms with Gasteiger partial charge in [-0.1, -0.05) is 44.2 Å². The van der Waals surface area contributed by atoms with E-state index in [4.69, 9.17) is 14.7 Å². The fourth-order valence-electron chi connectivity index (χ4n) is 1.85. The minimum atomic E-state index is -1.05. The summed E-state index contributed by atoms with van der Waals surface area (Å²) in [5.74, 6) is -0.676. The van der Waals surface area contributed by atoms with Crippen LogP contribution in [0.4, 0.5) is 4.79 Å². The Hall–Kier alpha value is -2.55. The van der Waals surface area contributed by atoms with Crippen LogP contribution in [0, 0.1) is 17.2 Å². The summed E-state index contributed by atoms with van der Waals surface area (Å²) < 4.78 is 10.0. The Kier molecular flexibility index (Phi) is 6.90. The number of nitrogens with zero attached hydrogens (tertiary/aromatic N) is 1. The molecule has 1 amide bonds. The Balaban J connectivity index is 2.60. The number of hydrogen-bond acceptors (Lipinski definition) is 5. The molecule has 1 aromatic carbocycles. The number of nitriles is 1. The molecule has 0 bridgehead atoms. The highest BCUT2D eigenvalue weighted by Crippen LogP contribution is 2.11. The van der Waals surface area contributed by atoms with Gasteiger partial charge in [0.2, 0.25) is 6.10 Å². The van der Waals surface area contributed by atoms with Gasteiger partial charge in [-0.15, -0.1) is 0 Å². The molecule has 0 spiro atoms. The molecular weight excluding hydrogens is 284 g/mol. The number of ether oxygens (including phenoxy) is 2. The minimum Gasteiger partial charge on any atom is -0.445 e. The van der Waals surface area contributed by atoms with E-state index in [-0.39, 0.29) is 12.5 Å². The molecule has 118 valence electrons. The summed E-state index contributed by atoms with van der Waals surface area (Å²) in [6.07, 6.45) is -1.71. The van der Waals surface area contributed by atoms with E-state index in [0.717, 1.165) is 5.56 Å². The third-order valence-electron chi connectivity index (χ3n) is 2.96. The van der Waals surface area contributed by atoms with Crippen LogP contribution in [0.25, 0.3) is 0 Å². The third-order valence-corrected chi connectivity index (χ3v) is 2.96. The zero-order valence-electron chi connectivity index (χ0n) is 12.9. The van der Waals surface area contributed by atoms with Crippen molar-refractivity contribution in [2.24, 2.45) is 5.92 Å². The maximum Gasteiger partial charge on any atom is 0.407 e. The average molecular weight is 304 g/mol. The van der Waals surface area contributed by atoms with Gasteiger partial charge in [-0.2, -0.15) is 5.26 Å². The van der Waals surface area contributed by atoms with Crippen LogP contribution in [0.3, 0.4) is 0 Å². The molecule has 0 aliphatic rings. The van der Waals surface area contributed by atoms with Crippen LogP contribution in [0.2, 0.25) is 0 Å². The van der Waals surface area contributed by atoms with Crippen molar-refractivity contribution in [1.29, 1.82) is 5.26 Å². The Morgan fingerprint density at radius 2 is 1.91 bits per heavy atom. The monoisotopic (exact) mass is 304 g/mol. The minimum absolute atomic E-state index is 0.103. The standard InChI is InChI=1S/C16H20N2O4/c1-11(2)15(14(9-17)22-12(3)19)18-16(20)21-10-13-7-5-4-6-8-13/h4-8,11,14-15H,10H2,1-3H3,(H,18,20)/t14?,15-/m0/s1. The van der Waals surface area contributed by atoms with Crippen molar-refractivity contribution < 1.29 is 19.1 Å². The SMILES string of the molecule is CC(=O)OC(C#N)[C@@H](NC(=O)OCc1ccccc1)C(C)C. The molecular formula is C16H20N2O4. The molecule has 0 aliphatic heterocycles. The molecule has 0 aliphatic carbocycles. The van der Waals surface area contributed by atoms with E-state index < -0.39 is 24.2 Å². The van der Waals surface area contributed by atoms with Crippen LogP contribution in [-0.2, 0) is 20.9 Å². The number of esters is 1. The van der Waals surface area contributed by atoms with Crippen LogP contribution in [0.5, 0.6) is 0 Å². The first-order chi connectivity index (χ1) is 10.4. The lowest BCUT2D eigenvalue weighted by molar-refractivity contribution is -0.145. The van der Waals surface area contributed by atoms with Gasteiger partial charge in [0.25, 0.3) is 0 Å². The molecule has 1 rings (SSSR count). The second kappa shape index (κ2) is 8.67. The molecule has 2 atom stereocenters. The quantitative estimate of drug-likeness (QED) is 0.815. The van der Waals surface area contributed by atoms with Crippen molar-refractivity contribution in [3.05, 3.63) is 35.9 Å². The van der Waals surface area contributed by atoms with Crippen LogP contribution in [-0.4, -0.2) is 24.2 Å². The van der Waals surface area contributed by atoms with Crippen molar-refractivity contribution >= 4 is 12.1 Å². The van der Waals surface area contributed by atoms with Crippen LogP contribution < -0.4 is 5.32 Å². The van der Waals surface area contributed by atoms with E-state index in [1.807, 2.05) is 50.2 Å². The molecule has 0 heterocycles. The van der Waals surface area contributed by atoms with Gasteiger partial charge in [0, 0.05) is 6.92 Å². The maximum atomic E-state index is 11.9. The topological polar surface area (TPSA) is 88.4 Å². The molecule has 0 fully saturated rings. The van der Waals surface area contributed by atoms with Gasteiger partial charge in [-0.25, -0.2) is 4.79 Å². The summed E-state index contributed by atoms with van der Waals surface area (Å²) in [5.41, 5.74) is 0.857. The summed E-state index contributed by atoms with van der Waals surface area (Å²) in [6, 6.07) is 10.5. The summed E-state index contributed by atoms with van der Waals surface area (Å²) in [7, 11) is 0. The number of nitrogens with one attached hydrogen (secondary N) is 1. The second-order valence-corrected chi connectivity index (χ2v) is 5.14. The Morgan fingerprint density at radius 1 is 1.27 bits per heavy atom. The molecule has 1 aromatic rings. The molecule has 0 aromatic heterocycles. The molecule has 0 radical (unpaired) electrons. The number of carbonyl (C=O) groups excluding carboxylic acids is 2. The summed E-state index contributed by atoms with van der Waals surface area (Å²) >= 11 is 0. The number of alkyl carbamates (subject to hydrolysis) is 1. The van der Waals surface area contributed by atoms with Crippen LogP contribution >= 0.6 is 0 Å². The lowest BCUT2D eigenvalue weighted by Gasteiger charge is -2.25. The lowest BCUT2D eigenvalue weighted by atomic mass is 9.99. The van der Waals surface area contributed by atoms with E-state index in [2.05, 4.69) is 5.32 Å². The summed E-state index contributed by atoms with van der Waals surface area (Å²) in [6.45, 7) is 4.98. The predicted molar refractivity (Wildman–Crippen MR) is 79.6 cm³/mol. The molecule has 1 N–H and O–H groups in total. The predicted octanol–water partition coefficient (Wildman–Crippen LogP) is 2.39. The number of hydrogen-bond donors (Lipinski definition) is 1. The Labute approximate surface area is 130 Å². The molecule has 0 saturated heterocycles. The molecule has 22 heavy (non-hydrogen) atoms. The second-order valence-electron chi connectivity index (χ2n) is 5.14. The highest BCUT2D eigenvalue weighted by molar-refractivity contribution is 5.69. The zero-order valence-corrected chi connectivity index (χ0v) is 12.9. The van der Waals surface area contributed by atoms with Crippen molar-refractivity contribution in [3.63, 3.8) is 0 Å². The van der Waals surface area contributed by atoms with Gasteiger partial charge in [0.15, 0.2) is 0 Å². The van der Waals surface area contributed by atoms with E-state index in [9.17, 15) is 9.59 Å². The molecule has 0 saturated carbocycles. The Bertz CT molecular complexity index is 537. The van der Waals surface area contributed by atoms with Crippen LogP contribution in [0.1, 0.15) is 26.3 Å². The summed E-state index contributed by atoms with van der Waals surface area (Å²) in [5, 5.41) is 11.7. The highest BCUT2D eigenvalue weighted by Gasteiger charge is 2.29. The first kappa shape index (κ1) is 17.5. The highest BCUT2D eigenvalue weighted by atomic mass is 16.6. The van der Waals surface area contributed by atoms with E-state index >= 15 is 0 Å². The van der Waals surface area contributed by atoms with Gasteiger partial charge >= 0.3 is 12.1 Å². The first-order valence-corrected chi connectivity index (χ1v) is 6.98. The first-order valence-electron chi connectivity index (χ1n) is 6.98. The fraction of sp³-hybridized carbons (Fsp3) is 0.438. The molecule has 6 nitrogen and oxygen atoms in total. The number of rotatable bonds is 6. The fourth-order valence-corrected chi connectivity index (χ4v) is 1.85. The van der Waals surface area contributed by atoms with Crippen molar-refractivity contribution in [3.8, 4) is 6.07 Å². The van der Waals surface area contributed by atoms with Gasteiger partial charge < -0.3 is 14.8 Å². The number of carbonyl (C=O) groups is 2. The number of amides is 1. The van der Waals surface area contributed by atoms with Crippen LogP contribution in [0.15, 0.2) is 30.3 Å². The van der Waals surface area contributed by atoms with E-state index in [1.54, 1.807) is 0 Å². The zero-order chi connectivity index (χ0) is 16.5. The third kappa shape index (κ3) is 5.83. The largest absolute Gasteiger partial charge is 0.445 e.